The predicted molar refractivity (Wildman–Crippen MR) is 70.8 cm³/mol. The summed E-state index contributed by atoms with van der Waals surface area (Å²) in [5, 5.41) is 4.48. The van der Waals surface area contributed by atoms with E-state index in [0.717, 1.165) is 0 Å². The second-order valence-electron chi connectivity index (χ2n) is 4.84. The van der Waals surface area contributed by atoms with Crippen LogP contribution in [0.4, 0.5) is 0 Å². The minimum absolute atomic E-state index is 0.126. The molecule has 104 valence electrons. The fourth-order valence-corrected chi connectivity index (χ4v) is 2.65. The van der Waals surface area contributed by atoms with E-state index in [1.165, 1.54) is 4.68 Å². The van der Waals surface area contributed by atoms with Crippen molar-refractivity contribution in [3.8, 4) is 0 Å². The summed E-state index contributed by atoms with van der Waals surface area (Å²) in [7, 11) is 1.70. The number of likely N-dealkylation sites (tertiary alicyclic amines) is 1. The largest absolute Gasteiger partial charge is 0.369 e. The van der Waals surface area contributed by atoms with Crippen molar-refractivity contribution in [2.45, 2.75) is 19.8 Å². The van der Waals surface area contributed by atoms with Crippen LogP contribution in [0.15, 0.2) is 0 Å². The highest BCUT2D eigenvalue weighted by atomic mass is 35.5. The van der Waals surface area contributed by atoms with E-state index >= 15 is 0 Å². The molecular weight excluding hydrogens is 268 g/mol. The number of carbonyl (C=O) groups is 2. The minimum Gasteiger partial charge on any atom is -0.369 e. The van der Waals surface area contributed by atoms with E-state index in [-0.39, 0.29) is 17.7 Å². The third-order valence-electron chi connectivity index (χ3n) is 3.55. The molecule has 1 fully saturated rings. The third kappa shape index (κ3) is 2.58. The zero-order valence-electron chi connectivity index (χ0n) is 11.0. The van der Waals surface area contributed by atoms with Crippen molar-refractivity contribution >= 4 is 23.4 Å². The Morgan fingerprint density at radius 2 is 1.95 bits per heavy atom. The molecule has 0 atom stereocenters. The Bertz CT molecular complexity index is 518. The Hall–Kier alpha value is -1.56. The number of aryl methyl sites for hydroxylation is 2. The molecule has 0 spiro atoms. The van der Waals surface area contributed by atoms with Crippen LogP contribution in [-0.2, 0) is 11.8 Å². The van der Waals surface area contributed by atoms with Crippen molar-refractivity contribution in [2.24, 2.45) is 18.7 Å². The lowest BCUT2D eigenvalue weighted by atomic mass is 9.96. The average molecular weight is 285 g/mol. The van der Waals surface area contributed by atoms with Gasteiger partial charge in [0.15, 0.2) is 0 Å². The number of nitrogens with two attached hydrogens (primary N) is 1. The first kappa shape index (κ1) is 13.9. The second-order valence-corrected chi connectivity index (χ2v) is 5.20. The summed E-state index contributed by atoms with van der Waals surface area (Å²) in [5.74, 6) is -0.546. The molecule has 0 aliphatic carbocycles. The molecule has 2 N–H and O–H groups in total. The molecule has 7 heteroatoms. The van der Waals surface area contributed by atoms with E-state index in [4.69, 9.17) is 17.3 Å². The van der Waals surface area contributed by atoms with E-state index in [0.29, 0.717) is 42.3 Å². The molecule has 6 nitrogen and oxygen atoms in total. The second kappa shape index (κ2) is 5.21. The molecule has 1 aliphatic rings. The van der Waals surface area contributed by atoms with E-state index in [1.54, 1.807) is 18.9 Å². The summed E-state index contributed by atoms with van der Waals surface area (Å²) < 4.78 is 1.49. The minimum atomic E-state index is -0.289. The number of hydrogen-bond donors (Lipinski definition) is 1. The van der Waals surface area contributed by atoms with Gasteiger partial charge in [0.25, 0.3) is 5.91 Å². The van der Waals surface area contributed by atoms with Crippen molar-refractivity contribution in [2.75, 3.05) is 13.1 Å². The first-order chi connectivity index (χ1) is 8.91. The van der Waals surface area contributed by atoms with Gasteiger partial charge in [-0.3, -0.25) is 14.3 Å². The molecule has 2 amide bonds. The highest BCUT2D eigenvalue weighted by Crippen LogP contribution is 2.24. The average Bonchev–Trinajstić information content (AvgIpc) is 2.62. The van der Waals surface area contributed by atoms with Gasteiger partial charge in [-0.25, -0.2) is 0 Å². The van der Waals surface area contributed by atoms with Crippen LogP contribution in [0.2, 0.25) is 5.15 Å². The first-order valence-corrected chi connectivity index (χ1v) is 6.57. The van der Waals surface area contributed by atoms with Gasteiger partial charge < -0.3 is 10.6 Å². The molecule has 1 aromatic rings. The number of nitrogens with zero attached hydrogens (tertiary/aromatic N) is 3. The molecule has 0 saturated carbocycles. The molecule has 2 heterocycles. The molecular formula is C12H17ClN4O2. The third-order valence-corrected chi connectivity index (χ3v) is 3.98. The van der Waals surface area contributed by atoms with Gasteiger partial charge in [0, 0.05) is 26.1 Å². The summed E-state index contributed by atoms with van der Waals surface area (Å²) >= 11 is 6.09. The van der Waals surface area contributed by atoms with Gasteiger partial charge >= 0.3 is 0 Å². The number of carbonyl (C=O) groups excluding carboxylic acids is 2. The first-order valence-electron chi connectivity index (χ1n) is 6.19. The Balaban J connectivity index is 2.12. The summed E-state index contributed by atoms with van der Waals surface area (Å²) in [5.41, 5.74) is 6.34. The Labute approximate surface area is 116 Å². The monoisotopic (exact) mass is 284 g/mol. The molecule has 19 heavy (non-hydrogen) atoms. The van der Waals surface area contributed by atoms with Crippen LogP contribution in [0.1, 0.15) is 28.9 Å². The lowest BCUT2D eigenvalue weighted by Crippen LogP contribution is -2.41. The van der Waals surface area contributed by atoms with Crippen molar-refractivity contribution < 1.29 is 9.59 Å². The van der Waals surface area contributed by atoms with Gasteiger partial charge in [0.1, 0.15) is 5.15 Å². The van der Waals surface area contributed by atoms with Crippen LogP contribution >= 0.6 is 11.6 Å². The van der Waals surface area contributed by atoms with Gasteiger partial charge in [-0.05, 0) is 19.8 Å². The number of amides is 2. The fourth-order valence-electron chi connectivity index (χ4n) is 2.40. The Kier molecular flexibility index (Phi) is 3.80. The number of halogens is 1. The zero-order chi connectivity index (χ0) is 14.2. The smallest absolute Gasteiger partial charge is 0.258 e. The maximum absolute atomic E-state index is 12.4. The number of aromatic nitrogens is 2. The van der Waals surface area contributed by atoms with Crippen LogP contribution in [0.5, 0.6) is 0 Å². The topological polar surface area (TPSA) is 81.2 Å². The van der Waals surface area contributed by atoms with Crippen molar-refractivity contribution in [1.82, 2.24) is 14.7 Å². The highest BCUT2D eigenvalue weighted by Gasteiger charge is 2.29. The van der Waals surface area contributed by atoms with Crippen LogP contribution in [0.3, 0.4) is 0 Å². The van der Waals surface area contributed by atoms with Gasteiger partial charge in [0.05, 0.1) is 11.3 Å². The van der Waals surface area contributed by atoms with E-state index < -0.39 is 0 Å². The molecule has 0 bridgehead atoms. The summed E-state index contributed by atoms with van der Waals surface area (Å²) in [4.78, 5) is 25.2. The quantitative estimate of drug-likeness (QED) is 0.869. The normalized spacial score (nSPS) is 16.7. The van der Waals surface area contributed by atoms with E-state index in [2.05, 4.69) is 5.10 Å². The predicted octanol–water partition coefficient (Wildman–Crippen LogP) is 0.719. The summed E-state index contributed by atoms with van der Waals surface area (Å²) in [6.07, 6.45) is 1.22. The van der Waals surface area contributed by atoms with E-state index in [1.807, 2.05) is 0 Å². The van der Waals surface area contributed by atoms with Crippen molar-refractivity contribution in [1.29, 1.82) is 0 Å². The maximum Gasteiger partial charge on any atom is 0.258 e. The number of primary amides is 1. The lowest BCUT2D eigenvalue weighted by molar-refractivity contribution is -0.123. The van der Waals surface area contributed by atoms with Gasteiger partial charge in [-0.1, -0.05) is 11.6 Å². The maximum atomic E-state index is 12.4. The van der Waals surface area contributed by atoms with Crippen LogP contribution in [-0.4, -0.2) is 39.6 Å². The Morgan fingerprint density at radius 3 is 2.37 bits per heavy atom. The molecule has 1 saturated heterocycles. The number of hydrogen-bond acceptors (Lipinski definition) is 3. The molecule has 2 rings (SSSR count). The summed E-state index contributed by atoms with van der Waals surface area (Å²) in [6.45, 7) is 2.81. The van der Waals surface area contributed by atoms with Gasteiger partial charge in [-0.15, -0.1) is 0 Å². The number of rotatable bonds is 2. The standard InChI is InChI=1S/C12H17ClN4O2/c1-7-9(10(13)16(2)15-7)12(19)17-5-3-8(4-6-17)11(14)18/h8H,3-6H2,1-2H3,(H2,14,18). The van der Waals surface area contributed by atoms with Crippen molar-refractivity contribution in [3.05, 3.63) is 16.4 Å². The number of piperidine rings is 1. The van der Waals surface area contributed by atoms with Crippen LogP contribution in [0, 0.1) is 12.8 Å². The molecule has 0 radical (unpaired) electrons. The van der Waals surface area contributed by atoms with Gasteiger partial charge in [0.2, 0.25) is 5.91 Å². The SMILES string of the molecule is Cc1nn(C)c(Cl)c1C(=O)N1CCC(C(N)=O)CC1. The molecule has 0 aromatic carbocycles. The van der Waals surface area contributed by atoms with E-state index in [9.17, 15) is 9.59 Å². The van der Waals surface area contributed by atoms with Gasteiger partial charge in [-0.2, -0.15) is 5.10 Å². The zero-order valence-corrected chi connectivity index (χ0v) is 11.8. The lowest BCUT2D eigenvalue weighted by Gasteiger charge is -2.30. The van der Waals surface area contributed by atoms with Crippen molar-refractivity contribution in [3.63, 3.8) is 0 Å². The highest BCUT2D eigenvalue weighted by molar-refractivity contribution is 6.33. The van der Waals surface area contributed by atoms with Crippen LogP contribution in [0.25, 0.3) is 0 Å². The molecule has 1 aromatic heterocycles. The molecule has 0 unspecified atom stereocenters. The molecule has 1 aliphatic heterocycles. The Morgan fingerprint density at radius 1 is 1.37 bits per heavy atom. The fraction of sp³-hybridized carbons (Fsp3) is 0.583. The van der Waals surface area contributed by atoms with Crippen LogP contribution < -0.4 is 5.73 Å². The summed E-state index contributed by atoms with van der Waals surface area (Å²) in [6, 6.07) is 0.